The molecule has 0 saturated carbocycles. The zero-order valence-corrected chi connectivity index (χ0v) is 14.6. The topological polar surface area (TPSA) is 88.5 Å². The molecule has 1 fully saturated rings. The number of rotatable bonds is 5. The molecular formula is C18H25N5O2. The largest absolute Gasteiger partial charge is 0.472 e. The zero-order chi connectivity index (χ0) is 17.6. The first kappa shape index (κ1) is 17.4. The highest BCUT2D eigenvalue weighted by Crippen LogP contribution is 2.18. The van der Waals surface area contributed by atoms with Gasteiger partial charge in [-0.25, -0.2) is 9.97 Å². The molecule has 2 aromatic rings. The number of hydrogen-bond donors (Lipinski definition) is 1. The average Bonchev–Trinajstić information content (AvgIpc) is 2.95. The number of likely N-dealkylation sites (tertiary alicyclic amines) is 1. The van der Waals surface area contributed by atoms with Crippen LogP contribution in [0.4, 0.5) is 5.82 Å². The molecule has 25 heavy (non-hydrogen) atoms. The summed E-state index contributed by atoms with van der Waals surface area (Å²) in [5.74, 6) is 1.40. The zero-order valence-electron chi connectivity index (χ0n) is 14.6. The van der Waals surface area contributed by atoms with E-state index in [4.69, 9.17) is 10.2 Å². The van der Waals surface area contributed by atoms with Crippen molar-refractivity contribution in [3.05, 3.63) is 42.2 Å². The molecule has 3 heterocycles. The fraction of sp³-hybridized carbons (Fsp3) is 0.500. The van der Waals surface area contributed by atoms with Crippen molar-refractivity contribution < 1.29 is 9.21 Å². The minimum absolute atomic E-state index is 0.170. The molecule has 2 N–H and O–H groups in total. The third-order valence-corrected chi connectivity index (χ3v) is 4.73. The summed E-state index contributed by atoms with van der Waals surface area (Å²) in [5, 5.41) is 0. The van der Waals surface area contributed by atoms with Gasteiger partial charge in [0.2, 0.25) is 5.91 Å². The van der Waals surface area contributed by atoms with Crippen molar-refractivity contribution in [1.82, 2.24) is 19.8 Å². The highest BCUT2D eigenvalue weighted by Gasteiger charge is 2.23. The van der Waals surface area contributed by atoms with E-state index in [-0.39, 0.29) is 5.91 Å². The quantitative estimate of drug-likeness (QED) is 0.889. The highest BCUT2D eigenvalue weighted by molar-refractivity contribution is 5.78. The van der Waals surface area contributed by atoms with Gasteiger partial charge in [0.05, 0.1) is 25.5 Å². The summed E-state index contributed by atoms with van der Waals surface area (Å²) in [6, 6.07) is 3.95. The van der Waals surface area contributed by atoms with Gasteiger partial charge in [-0.15, -0.1) is 0 Å². The van der Waals surface area contributed by atoms with Crippen molar-refractivity contribution in [2.75, 3.05) is 25.9 Å². The van der Waals surface area contributed by atoms with E-state index in [1.807, 2.05) is 11.0 Å². The van der Waals surface area contributed by atoms with Crippen LogP contribution in [0.15, 0.2) is 35.3 Å². The Morgan fingerprint density at radius 1 is 1.40 bits per heavy atom. The second-order valence-corrected chi connectivity index (χ2v) is 6.59. The molecule has 0 spiro atoms. The number of anilines is 1. The lowest BCUT2D eigenvalue weighted by Gasteiger charge is -2.26. The Morgan fingerprint density at radius 3 is 3.04 bits per heavy atom. The second-order valence-electron chi connectivity index (χ2n) is 6.59. The SMILES string of the molecule is CN(Cc1nccc(N)n1)[C@H]1CCCN(C(=O)Cc2ccoc2)CC1. The van der Waals surface area contributed by atoms with Gasteiger partial charge >= 0.3 is 0 Å². The Morgan fingerprint density at radius 2 is 2.28 bits per heavy atom. The number of nitrogens with two attached hydrogens (primary N) is 1. The van der Waals surface area contributed by atoms with E-state index in [2.05, 4.69) is 21.9 Å². The molecule has 1 aliphatic rings. The minimum Gasteiger partial charge on any atom is -0.472 e. The molecule has 0 bridgehead atoms. The van der Waals surface area contributed by atoms with E-state index in [1.165, 1.54) is 0 Å². The van der Waals surface area contributed by atoms with Crippen molar-refractivity contribution in [1.29, 1.82) is 0 Å². The van der Waals surface area contributed by atoms with Crippen molar-refractivity contribution in [3.63, 3.8) is 0 Å². The van der Waals surface area contributed by atoms with E-state index in [1.54, 1.807) is 24.8 Å². The number of carbonyl (C=O) groups excluding carboxylic acids is 1. The first-order valence-electron chi connectivity index (χ1n) is 8.68. The van der Waals surface area contributed by atoms with E-state index in [0.717, 1.165) is 43.7 Å². The third-order valence-electron chi connectivity index (χ3n) is 4.73. The van der Waals surface area contributed by atoms with Crippen LogP contribution in [0, 0.1) is 0 Å². The maximum Gasteiger partial charge on any atom is 0.227 e. The number of nitrogens with zero attached hydrogens (tertiary/aromatic N) is 4. The number of hydrogen-bond acceptors (Lipinski definition) is 6. The number of aromatic nitrogens is 2. The van der Waals surface area contributed by atoms with Gasteiger partial charge in [-0.05, 0) is 44.0 Å². The van der Waals surface area contributed by atoms with Gasteiger partial charge in [0.1, 0.15) is 11.6 Å². The van der Waals surface area contributed by atoms with Crippen LogP contribution < -0.4 is 5.73 Å². The molecule has 0 radical (unpaired) electrons. The van der Waals surface area contributed by atoms with Gasteiger partial charge in [0, 0.05) is 25.3 Å². The molecular weight excluding hydrogens is 318 g/mol. The van der Waals surface area contributed by atoms with Crippen LogP contribution in [-0.2, 0) is 17.8 Å². The van der Waals surface area contributed by atoms with Crippen LogP contribution >= 0.6 is 0 Å². The summed E-state index contributed by atoms with van der Waals surface area (Å²) < 4.78 is 5.04. The van der Waals surface area contributed by atoms with Gasteiger partial charge in [0.25, 0.3) is 0 Å². The maximum absolute atomic E-state index is 12.5. The van der Waals surface area contributed by atoms with E-state index in [0.29, 0.717) is 24.8 Å². The molecule has 1 atom stereocenters. The Bertz CT molecular complexity index is 689. The van der Waals surface area contributed by atoms with Gasteiger partial charge in [-0.3, -0.25) is 9.69 Å². The van der Waals surface area contributed by atoms with Gasteiger partial charge in [0.15, 0.2) is 0 Å². The normalized spacial score (nSPS) is 18.3. The number of amides is 1. The molecule has 1 amide bonds. The third kappa shape index (κ3) is 4.79. The summed E-state index contributed by atoms with van der Waals surface area (Å²) in [7, 11) is 2.08. The van der Waals surface area contributed by atoms with Gasteiger partial charge in [-0.1, -0.05) is 0 Å². The smallest absolute Gasteiger partial charge is 0.227 e. The van der Waals surface area contributed by atoms with Crippen LogP contribution in [0.3, 0.4) is 0 Å². The van der Waals surface area contributed by atoms with Crippen LogP contribution in [-0.4, -0.2) is 51.9 Å². The maximum atomic E-state index is 12.5. The molecule has 1 saturated heterocycles. The molecule has 7 heteroatoms. The first-order chi connectivity index (χ1) is 12.1. The van der Waals surface area contributed by atoms with E-state index >= 15 is 0 Å². The Kier molecular flexibility index (Phi) is 5.65. The second kappa shape index (κ2) is 8.11. The first-order valence-corrected chi connectivity index (χ1v) is 8.68. The van der Waals surface area contributed by atoms with E-state index < -0.39 is 0 Å². The van der Waals surface area contributed by atoms with Crippen molar-refractivity contribution in [2.24, 2.45) is 0 Å². The Labute approximate surface area is 147 Å². The van der Waals surface area contributed by atoms with Crippen molar-refractivity contribution >= 4 is 11.7 Å². The number of nitrogen functional groups attached to an aromatic ring is 1. The number of furan rings is 1. The fourth-order valence-corrected chi connectivity index (χ4v) is 3.29. The Balaban J connectivity index is 1.53. The average molecular weight is 343 g/mol. The summed E-state index contributed by atoms with van der Waals surface area (Å²) in [6.45, 7) is 2.26. The molecule has 7 nitrogen and oxygen atoms in total. The predicted octanol–water partition coefficient (Wildman–Crippen LogP) is 1.71. The lowest BCUT2D eigenvalue weighted by molar-refractivity contribution is -0.130. The standard InChI is InChI=1S/C18H25N5O2/c1-22(12-17-20-7-4-16(19)21-17)15-3-2-8-23(9-5-15)18(24)11-14-6-10-25-13-14/h4,6-7,10,13,15H,2-3,5,8-9,11-12H2,1H3,(H2,19,20,21)/t15-/m0/s1. The van der Waals surface area contributed by atoms with Crippen LogP contribution in [0.1, 0.15) is 30.7 Å². The van der Waals surface area contributed by atoms with Crippen LogP contribution in [0.5, 0.6) is 0 Å². The monoisotopic (exact) mass is 343 g/mol. The minimum atomic E-state index is 0.170. The lowest BCUT2D eigenvalue weighted by Crippen LogP contribution is -2.35. The molecule has 134 valence electrons. The van der Waals surface area contributed by atoms with Crippen LogP contribution in [0.25, 0.3) is 0 Å². The van der Waals surface area contributed by atoms with Gasteiger partial charge < -0.3 is 15.1 Å². The van der Waals surface area contributed by atoms with Crippen molar-refractivity contribution in [2.45, 2.75) is 38.3 Å². The summed E-state index contributed by atoms with van der Waals surface area (Å²) in [6.07, 6.45) is 8.36. The van der Waals surface area contributed by atoms with Gasteiger partial charge in [-0.2, -0.15) is 0 Å². The molecule has 3 rings (SSSR count). The summed E-state index contributed by atoms with van der Waals surface area (Å²) in [4.78, 5) is 25.2. The van der Waals surface area contributed by atoms with Crippen LogP contribution in [0.2, 0.25) is 0 Å². The molecule has 0 aromatic carbocycles. The summed E-state index contributed by atoms with van der Waals surface area (Å²) in [5.41, 5.74) is 6.66. The number of carbonyl (C=O) groups is 1. The molecule has 2 aromatic heterocycles. The summed E-state index contributed by atoms with van der Waals surface area (Å²) >= 11 is 0. The molecule has 1 aliphatic heterocycles. The molecule has 0 unspecified atom stereocenters. The highest BCUT2D eigenvalue weighted by atomic mass is 16.3. The molecule has 0 aliphatic carbocycles. The fourth-order valence-electron chi connectivity index (χ4n) is 3.29. The lowest BCUT2D eigenvalue weighted by atomic mass is 10.1. The van der Waals surface area contributed by atoms with E-state index in [9.17, 15) is 4.79 Å². The predicted molar refractivity (Wildman–Crippen MR) is 94.5 cm³/mol. The Hall–Kier alpha value is -2.41. The van der Waals surface area contributed by atoms with Crippen molar-refractivity contribution in [3.8, 4) is 0 Å².